The van der Waals surface area contributed by atoms with Crippen molar-refractivity contribution in [2.45, 2.75) is 33.9 Å². The number of aliphatic hydroxyl groups is 1. The van der Waals surface area contributed by atoms with Crippen molar-refractivity contribution in [3.05, 3.63) is 58.0 Å². The lowest BCUT2D eigenvalue weighted by atomic mass is 10.1. The number of aliphatic hydroxyl groups excluding tert-OH is 1. The first-order valence-corrected chi connectivity index (χ1v) is 6.56. The van der Waals surface area contributed by atoms with Gasteiger partial charge in [-0.05, 0) is 31.9 Å². The Morgan fingerprint density at radius 3 is 2.20 bits per heavy atom. The van der Waals surface area contributed by atoms with Crippen LogP contribution in [-0.4, -0.2) is 11.0 Å². The molecule has 2 N–H and O–H groups in total. The van der Waals surface area contributed by atoms with Gasteiger partial charge in [0.1, 0.15) is 11.5 Å². The fourth-order valence-corrected chi connectivity index (χ4v) is 2.16. The van der Waals surface area contributed by atoms with Crippen molar-refractivity contribution in [2.75, 3.05) is 0 Å². The number of nitrogens with one attached hydrogen (secondary N) is 1. The highest BCUT2D eigenvalue weighted by Crippen LogP contribution is 2.20. The SMILES string of the molecule is Cc1oc(C)c(C(=O)NCc2ccc(CO)cc2)c1C. The zero-order valence-corrected chi connectivity index (χ0v) is 12.0. The van der Waals surface area contributed by atoms with Crippen LogP contribution >= 0.6 is 0 Å². The summed E-state index contributed by atoms with van der Waals surface area (Å²) < 4.78 is 5.46. The van der Waals surface area contributed by atoms with Crippen LogP contribution in [0.5, 0.6) is 0 Å². The minimum atomic E-state index is -0.122. The van der Waals surface area contributed by atoms with E-state index in [0.29, 0.717) is 17.9 Å². The molecular formula is C16H19NO3. The summed E-state index contributed by atoms with van der Waals surface area (Å²) in [5.41, 5.74) is 3.36. The van der Waals surface area contributed by atoms with Crippen LogP contribution in [0.2, 0.25) is 0 Å². The van der Waals surface area contributed by atoms with E-state index in [1.807, 2.05) is 38.1 Å². The molecule has 4 heteroatoms. The van der Waals surface area contributed by atoms with Gasteiger partial charge >= 0.3 is 0 Å². The highest BCUT2D eigenvalue weighted by molar-refractivity contribution is 5.96. The molecule has 1 aromatic carbocycles. The van der Waals surface area contributed by atoms with Crippen LogP contribution in [-0.2, 0) is 13.2 Å². The maximum absolute atomic E-state index is 12.2. The third kappa shape index (κ3) is 2.91. The summed E-state index contributed by atoms with van der Waals surface area (Å²) in [5, 5.41) is 11.9. The first-order valence-electron chi connectivity index (χ1n) is 6.56. The van der Waals surface area contributed by atoms with Crippen LogP contribution in [0.3, 0.4) is 0 Å². The van der Waals surface area contributed by atoms with Gasteiger partial charge in [-0.2, -0.15) is 0 Å². The van der Waals surface area contributed by atoms with E-state index in [1.165, 1.54) is 0 Å². The lowest BCUT2D eigenvalue weighted by Crippen LogP contribution is -2.23. The van der Waals surface area contributed by atoms with E-state index in [0.717, 1.165) is 22.5 Å². The first kappa shape index (κ1) is 14.3. The van der Waals surface area contributed by atoms with Gasteiger partial charge in [0.25, 0.3) is 5.91 Å². The van der Waals surface area contributed by atoms with Crippen LogP contribution in [0, 0.1) is 20.8 Å². The van der Waals surface area contributed by atoms with Crippen LogP contribution in [0.1, 0.15) is 38.6 Å². The molecule has 0 spiro atoms. The van der Waals surface area contributed by atoms with Crippen molar-refractivity contribution in [2.24, 2.45) is 0 Å². The minimum Gasteiger partial charge on any atom is -0.466 e. The van der Waals surface area contributed by atoms with E-state index in [4.69, 9.17) is 9.52 Å². The number of rotatable bonds is 4. The standard InChI is InChI=1S/C16H19NO3/c1-10-11(2)20-12(3)15(10)16(19)17-8-13-4-6-14(9-18)7-5-13/h4-7,18H,8-9H2,1-3H3,(H,17,19). The predicted molar refractivity (Wildman–Crippen MR) is 76.5 cm³/mol. The van der Waals surface area contributed by atoms with Crippen molar-refractivity contribution < 1.29 is 14.3 Å². The molecule has 0 aliphatic heterocycles. The van der Waals surface area contributed by atoms with Crippen LogP contribution in [0.25, 0.3) is 0 Å². The fourth-order valence-electron chi connectivity index (χ4n) is 2.16. The molecule has 0 saturated carbocycles. The van der Waals surface area contributed by atoms with Crippen molar-refractivity contribution in [3.8, 4) is 0 Å². The Labute approximate surface area is 118 Å². The van der Waals surface area contributed by atoms with Crippen molar-refractivity contribution >= 4 is 5.91 Å². The molecule has 0 bridgehead atoms. The molecule has 0 atom stereocenters. The third-order valence-electron chi connectivity index (χ3n) is 3.45. The molecule has 4 nitrogen and oxygen atoms in total. The molecule has 2 rings (SSSR count). The van der Waals surface area contributed by atoms with Gasteiger partial charge in [-0.3, -0.25) is 4.79 Å². The molecule has 0 unspecified atom stereocenters. The Kier molecular flexibility index (Phi) is 4.25. The number of aryl methyl sites for hydroxylation is 2. The molecule has 0 radical (unpaired) electrons. The van der Waals surface area contributed by atoms with Crippen LogP contribution in [0.4, 0.5) is 0 Å². The second-order valence-electron chi connectivity index (χ2n) is 4.87. The molecule has 0 fully saturated rings. The number of carbonyl (C=O) groups is 1. The lowest BCUT2D eigenvalue weighted by Gasteiger charge is -2.06. The van der Waals surface area contributed by atoms with E-state index in [9.17, 15) is 4.79 Å². The summed E-state index contributed by atoms with van der Waals surface area (Å²) in [7, 11) is 0. The number of benzene rings is 1. The van der Waals surface area contributed by atoms with E-state index in [-0.39, 0.29) is 12.5 Å². The molecule has 1 amide bonds. The monoisotopic (exact) mass is 273 g/mol. The van der Waals surface area contributed by atoms with Gasteiger partial charge in [0.15, 0.2) is 0 Å². The maximum atomic E-state index is 12.2. The van der Waals surface area contributed by atoms with Crippen LogP contribution < -0.4 is 5.32 Å². The molecule has 1 aromatic heterocycles. The van der Waals surface area contributed by atoms with Gasteiger partial charge in [-0.1, -0.05) is 24.3 Å². The largest absolute Gasteiger partial charge is 0.466 e. The summed E-state index contributed by atoms with van der Waals surface area (Å²) >= 11 is 0. The highest BCUT2D eigenvalue weighted by atomic mass is 16.3. The summed E-state index contributed by atoms with van der Waals surface area (Å²) in [6.45, 7) is 6.02. The lowest BCUT2D eigenvalue weighted by molar-refractivity contribution is 0.0949. The molecule has 0 aliphatic rings. The van der Waals surface area contributed by atoms with Crippen LogP contribution in [0.15, 0.2) is 28.7 Å². The van der Waals surface area contributed by atoms with Gasteiger partial charge < -0.3 is 14.8 Å². The molecule has 0 aliphatic carbocycles. The zero-order valence-electron chi connectivity index (χ0n) is 12.0. The third-order valence-corrected chi connectivity index (χ3v) is 3.45. The van der Waals surface area contributed by atoms with E-state index in [1.54, 1.807) is 6.92 Å². The zero-order chi connectivity index (χ0) is 14.7. The normalized spacial score (nSPS) is 10.6. The van der Waals surface area contributed by atoms with E-state index >= 15 is 0 Å². The fraction of sp³-hybridized carbons (Fsp3) is 0.312. The summed E-state index contributed by atoms with van der Waals surface area (Å²) in [6, 6.07) is 7.48. The number of carbonyl (C=O) groups excluding carboxylic acids is 1. The number of hydrogen-bond acceptors (Lipinski definition) is 3. The topological polar surface area (TPSA) is 62.5 Å². The Morgan fingerprint density at radius 2 is 1.70 bits per heavy atom. The van der Waals surface area contributed by atoms with Gasteiger partial charge in [0, 0.05) is 12.1 Å². The van der Waals surface area contributed by atoms with Crippen molar-refractivity contribution in [1.82, 2.24) is 5.32 Å². The minimum absolute atomic E-state index is 0.0271. The molecule has 1 heterocycles. The number of hydrogen-bond donors (Lipinski definition) is 2. The second-order valence-corrected chi connectivity index (χ2v) is 4.87. The molecular weight excluding hydrogens is 254 g/mol. The first-order chi connectivity index (χ1) is 9.52. The average Bonchev–Trinajstić information content (AvgIpc) is 2.70. The Hall–Kier alpha value is -2.07. The predicted octanol–water partition coefficient (Wildman–Crippen LogP) is 2.63. The van der Waals surface area contributed by atoms with Gasteiger partial charge in [-0.15, -0.1) is 0 Å². The van der Waals surface area contributed by atoms with E-state index < -0.39 is 0 Å². The number of furan rings is 1. The summed E-state index contributed by atoms with van der Waals surface area (Å²) in [6.07, 6.45) is 0. The van der Waals surface area contributed by atoms with Crippen molar-refractivity contribution in [1.29, 1.82) is 0 Å². The molecule has 20 heavy (non-hydrogen) atoms. The molecule has 106 valence electrons. The molecule has 0 saturated heterocycles. The second kappa shape index (κ2) is 5.92. The Bertz CT molecular complexity index is 611. The number of amides is 1. The van der Waals surface area contributed by atoms with Gasteiger partial charge in [0.05, 0.1) is 12.2 Å². The Balaban J connectivity index is 2.04. The van der Waals surface area contributed by atoms with Gasteiger partial charge in [0.2, 0.25) is 0 Å². The quantitative estimate of drug-likeness (QED) is 0.900. The summed E-state index contributed by atoms with van der Waals surface area (Å²) in [5.74, 6) is 1.30. The van der Waals surface area contributed by atoms with Gasteiger partial charge in [-0.25, -0.2) is 0 Å². The average molecular weight is 273 g/mol. The smallest absolute Gasteiger partial charge is 0.255 e. The Morgan fingerprint density at radius 1 is 1.10 bits per heavy atom. The van der Waals surface area contributed by atoms with E-state index in [2.05, 4.69) is 5.32 Å². The molecule has 2 aromatic rings. The van der Waals surface area contributed by atoms with Crippen molar-refractivity contribution in [3.63, 3.8) is 0 Å². The maximum Gasteiger partial charge on any atom is 0.255 e. The summed E-state index contributed by atoms with van der Waals surface area (Å²) in [4.78, 5) is 12.2. The highest BCUT2D eigenvalue weighted by Gasteiger charge is 2.17.